The molecule has 13 nitrogen and oxygen atoms in total. The molecule has 3 heterocycles. The fourth-order valence-corrected chi connectivity index (χ4v) is 3.58. The quantitative estimate of drug-likeness (QED) is 0.463. The zero-order chi connectivity index (χ0) is 23.3. The van der Waals surface area contributed by atoms with Crippen LogP contribution >= 0.6 is 0 Å². The first-order valence-electron chi connectivity index (χ1n) is 10.2. The summed E-state index contributed by atoms with van der Waals surface area (Å²) in [5.41, 5.74) is -0.806. The van der Waals surface area contributed by atoms with E-state index in [0.29, 0.717) is 25.8 Å². The van der Waals surface area contributed by atoms with Crippen LogP contribution in [0.15, 0.2) is 9.59 Å². The van der Waals surface area contributed by atoms with Gasteiger partial charge in [-0.1, -0.05) is 6.92 Å². The predicted molar refractivity (Wildman–Crippen MR) is 111 cm³/mol. The fraction of sp³-hybridized carbons (Fsp3) is 0.632. The molecule has 176 valence electrons. The summed E-state index contributed by atoms with van der Waals surface area (Å²) in [4.78, 5) is 56.1. The van der Waals surface area contributed by atoms with E-state index in [1.54, 1.807) is 0 Å². The molecule has 1 aliphatic rings. The third kappa shape index (κ3) is 5.06. The van der Waals surface area contributed by atoms with Crippen molar-refractivity contribution in [2.75, 3.05) is 39.4 Å². The van der Waals surface area contributed by atoms with Crippen LogP contribution in [0.5, 0.6) is 0 Å². The van der Waals surface area contributed by atoms with Crippen LogP contribution in [-0.2, 0) is 35.1 Å². The van der Waals surface area contributed by atoms with Crippen LogP contribution in [0.2, 0.25) is 0 Å². The number of carbonyl (C=O) groups excluding carboxylic acids is 2. The average molecular weight is 453 g/mol. The van der Waals surface area contributed by atoms with Gasteiger partial charge in [-0.15, -0.1) is 0 Å². The molecule has 32 heavy (non-hydrogen) atoms. The molecule has 0 aromatic carbocycles. The molecule has 0 spiro atoms. The second-order valence-corrected chi connectivity index (χ2v) is 7.28. The number of aryl methyl sites for hydroxylation is 1. The minimum absolute atomic E-state index is 0.0212. The maximum Gasteiger partial charge on any atom is 0.332 e. The third-order valence-electron chi connectivity index (χ3n) is 4.86. The Morgan fingerprint density at radius 3 is 2.66 bits per heavy atom. The fourth-order valence-electron chi connectivity index (χ4n) is 3.58. The van der Waals surface area contributed by atoms with Gasteiger partial charge in [-0.25, -0.2) is 14.2 Å². The molecule has 1 saturated heterocycles. The lowest BCUT2D eigenvalue weighted by Gasteiger charge is -2.15. The minimum Gasteiger partial charge on any atom is -0.461 e. The van der Waals surface area contributed by atoms with Crippen molar-refractivity contribution in [3.8, 4) is 0 Å². The number of imidazole rings is 1. The van der Waals surface area contributed by atoms with E-state index in [0.717, 1.165) is 0 Å². The highest BCUT2D eigenvalue weighted by Crippen LogP contribution is 2.29. The summed E-state index contributed by atoms with van der Waals surface area (Å²) in [5.74, 6) is -1.12. The Bertz CT molecular complexity index is 1090. The molecule has 0 radical (unpaired) electrons. The SMILES string of the molecule is CCCn1c(=O)n([C@H]2CC[C@@H](COC(=O)COC)O2)c2nc(NC(=O)COC)[nH]c(=O)c21. The van der Waals surface area contributed by atoms with Gasteiger partial charge in [0.2, 0.25) is 5.95 Å². The van der Waals surface area contributed by atoms with Gasteiger partial charge in [0, 0.05) is 20.8 Å². The number of hydrogen-bond donors (Lipinski definition) is 2. The summed E-state index contributed by atoms with van der Waals surface area (Å²) in [6, 6.07) is 0. The van der Waals surface area contributed by atoms with Crippen LogP contribution in [0, 0.1) is 0 Å². The molecule has 2 atom stereocenters. The standard InChI is InChI=1S/C19H27N5O8/c1-4-7-23-15-16(21-18(22-17(15)27)20-12(25)9-29-2)24(19(23)28)13-6-5-11(32-13)8-31-14(26)10-30-3/h11,13H,4-10H2,1-3H3,(H2,20,21,22,25,27)/t11-,13+/m0/s1. The van der Waals surface area contributed by atoms with Gasteiger partial charge in [0.1, 0.15) is 26.0 Å². The highest BCUT2D eigenvalue weighted by atomic mass is 16.6. The number of hydrogen-bond acceptors (Lipinski definition) is 9. The van der Waals surface area contributed by atoms with Crippen LogP contribution in [0.25, 0.3) is 11.2 Å². The van der Waals surface area contributed by atoms with Gasteiger partial charge in [-0.2, -0.15) is 4.98 Å². The minimum atomic E-state index is -0.703. The van der Waals surface area contributed by atoms with Crippen LogP contribution < -0.4 is 16.6 Å². The smallest absolute Gasteiger partial charge is 0.332 e. The first kappa shape index (κ1) is 23.6. The van der Waals surface area contributed by atoms with Gasteiger partial charge in [0.05, 0.1) is 6.10 Å². The number of aromatic amines is 1. The zero-order valence-corrected chi connectivity index (χ0v) is 18.2. The lowest BCUT2D eigenvalue weighted by atomic mass is 10.2. The van der Waals surface area contributed by atoms with Gasteiger partial charge in [0.15, 0.2) is 11.2 Å². The molecular formula is C19H27N5O8. The van der Waals surface area contributed by atoms with Crippen LogP contribution in [0.1, 0.15) is 32.4 Å². The first-order chi connectivity index (χ1) is 15.4. The Labute approximate surface area is 182 Å². The van der Waals surface area contributed by atoms with E-state index in [9.17, 15) is 19.2 Å². The van der Waals surface area contributed by atoms with E-state index in [-0.39, 0.29) is 36.9 Å². The summed E-state index contributed by atoms with van der Waals surface area (Å²) in [6.45, 7) is 1.83. The predicted octanol–water partition coefficient (Wildman–Crippen LogP) is -0.252. The number of anilines is 1. The first-order valence-corrected chi connectivity index (χ1v) is 10.2. The van der Waals surface area contributed by atoms with Gasteiger partial charge in [0.25, 0.3) is 11.5 Å². The van der Waals surface area contributed by atoms with Gasteiger partial charge >= 0.3 is 11.7 Å². The normalized spacial score (nSPS) is 18.2. The maximum absolute atomic E-state index is 13.2. The number of nitrogens with zero attached hydrogens (tertiary/aromatic N) is 3. The van der Waals surface area contributed by atoms with Crippen molar-refractivity contribution in [1.29, 1.82) is 0 Å². The molecule has 1 aliphatic heterocycles. The average Bonchev–Trinajstić information content (AvgIpc) is 3.30. The highest BCUT2D eigenvalue weighted by molar-refractivity contribution is 5.90. The van der Waals surface area contributed by atoms with Gasteiger partial charge < -0.3 is 18.9 Å². The second kappa shape index (κ2) is 10.5. The summed E-state index contributed by atoms with van der Waals surface area (Å²) in [7, 11) is 2.75. The van der Waals surface area contributed by atoms with Crippen molar-refractivity contribution in [2.24, 2.45) is 0 Å². The molecule has 2 aromatic rings. The zero-order valence-electron chi connectivity index (χ0n) is 18.2. The van der Waals surface area contributed by atoms with Crippen LogP contribution in [-0.4, -0.2) is 71.1 Å². The summed E-state index contributed by atoms with van der Waals surface area (Å²) in [5, 5.41) is 2.44. The van der Waals surface area contributed by atoms with E-state index in [4.69, 9.17) is 18.9 Å². The number of methoxy groups -OCH3 is 2. The lowest BCUT2D eigenvalue weighted by molar-refractivity contribution is -0.152. The van der Waals surface area contributed by atoms with Crippen molar-refractivity contribution in [1.82, 2.24) is 19.1 Å². The van der Waals surface area contributed by atoms with Gasteiger partial charge in [-0.05, 0) is 19.3 Å². The molecule has 2 N–H and O–H groups in total. The molecule has 3 rings (SSSR count). The molecule has 0 bridgehead atoms. The molecule has 13 heteroatoms. The number of fused-ring (bicyclic) bond motifs is 1. The summed E-state index contributed by atoms with van der Waals surface area (Å²) < 4.78 is 23.2. The van der Waals surface area contributed by atoms with Crippen molar-refractivity contribution in [2.45, 2.75) is 45.1 Å². The van der Waals surface area contributed by atoms with E-state index in [1.807, 2.05) is 6.92 Å². The highest BCUT2D eigenvalue weighted by Gasteiger charge is 2.32. The van der Waals surface area contributed by atoms with Crippen molar-refractivity contribution in [3.63, 3.8) is 0 Å². The Balaban J connectivity index is 1.93. The Morgan fingerprint density at radius 2 is 1.97 bits per heavy atom. The Hall–Kier alpha value is -3.03. The Morgan fingerprint density at radius 1 is 1.22 bits per heavy atom. The van der Waals surface area contributed by atoms with Crippen molar-refractivity contribution >= 4 is 29.0 Å². The number of nitrogens with one attached hydrogen (secondary N) is 2. The second-order valence-electron chi connectivity index (χ2n) is 7.28. The largest absolute Gasteiger partial charge is 0.461 e. The molecule has 1 fully saturated rings. The lowest BCUT2D eigenvalue weighted by Crippen LogP contribution is -2.29. The molecule has 1 amide bonds. The molecule has 0 saturated carbocycles. The number of esters is 1. The molecular weight excluding hydrogens is 426 g/mol. The van der Waals surface area contributed by atoms with E-state index in [2.05, 4.69) is 15.3 Å². The van der Waals surface area contributed by atoms with E-state index < -0.39 is 35.5 Å². The molecule has 2 aromatic heterocycles. The molecule has 0 aliphatic carbocycles. The summed E-state index contributed by atoms with van der Waals surface area (Å²) in [6.07, 6.45) is 0.496. The maximum atomic E-state index is 13.2. The van der Waals surface area contributed by atoms with Gasteiger partial charge in [-0.3, -0.25) is 24.5 Å². The molecule has 0 unspecified atom stereocenters. The number of carbonyl (C=O) groups is 2. The Kier molecular flexibility index (Phi) is 7.77. The van der Waals surface area contributed by atoms with Crippen molar-refractivity contribution in [3.05, 3.63) is 20.8 Å². The monoisotopic (exact) mass is 453 g/mol. The van der Waals surface area contributed by atoms with E-state index >= 15 is 0 Å². The van der Waals surface area contributed by atoms with Crippen LogP contribution in [0.3, 0.4) is 0 Å². The third-order valence-corrected chi connectivity index (χ3v) is 4.86. The van der Waals surface area contributed by atoms with Crippen LogP contribution in [0.4, 0.5) is 5.95 Å². The van der Waals surface area contributed by atoms with E-state index in [1.165, 1.54) is 23.4 Å². The topological polar surface area (TPSA) is 156 Å². The number of aromatic nitrogens is 4. The van der Waals surface area contributed by atoms with Crippen molar-refractivity contribution < 1.29 is 28.5 Å². The summed E-state index contributed by atoms with van der Waals surface area (Å²) >= 11 is 0. The number of ether oxygens (including phenoxy) is 4. The number of H-pyrrole nitrogens is 1. The number of amides is 1. The number of rotatable bonds is 10.